The normalized spacial score (nSPS) is 14.2. The molecule has 2 amide bonds. The van der Waals surface area contributed by atoms with E-state index in [0.29, 0.717) is 31.3 Å². The molecule has 0 aliphatic carbocycles. The SMILES string of the molecule is C[C@@H](N(Cc1ccc2scnc2c1)C(=O)C(=O)Nc1cnc(N)c2c1COC2)C(C)(C)C. The lowest BCUT2D eigenvalue weighted by molar-refractivity contribution is -0.146. The van der Waals surface area contributed by atoms with Crippen LogP contribution in [0.15, 0.2) is 29.9 Å². The molecular formula is C23H27N5O3S. The zero-order valence-electron chi connectivity index (χ0n) is 18.6. The summed E-state index contributed by atoms with van der Waals surface area (Å²) in [5.74, 6) is -0.936. The molecule has 1 aliphatic heterocycles. The van der Waals surface area contributed by atoms with E-state index in [4.69, 9.17) is 10.5 Å². The summed E-state index contributed by atoms with van der Waals surface area (Å²) in [5, 5.41) is 2.73. The van der Waals surface area contributed by atoms with Crippen molar-refractivity contribution in [3.8, 4) is 0 Å². The summed E-state index contributed by atoms with van der Waals surface area (Å²) in [6, 6.07) is 5.75. The Bertz CT molecular complexity index is 1180. The van der Waals surface area contributed by atoms with Crippen molar-refractivity contribution in [2.45, 2.75) is 53.5 Å². The Balaban J connectivity index is 1.59. The van der Waals surface area contributed by atoms with E-state index in [9.17, 15) is 9.59 Å². The lowest BCUT2D eigenvalue weighted by Crippen LogP contribution is -2.49. The van der Waals surface area contributed by atoms with Crippen molar-refractivity contribution in [2.75, 3.05) is 11.1 Å². The molecule has 2 aromatic heterocycles. The summed E-state index contributed by atoms with van der Waals surface area (Å²) >= 11 is 1.57. The van der Waals surface area contributed by atoms with E-state index in [0.717, 1.165) is 26.9 Å². The van der Waals surface area contributed by atoms with Crippen molar-refractivity contribution in [1.29, 1.82) is 0 Å². The van der Waals surface area contributed by atoms with Gasteiger partial charge in [-0.1, -0.05) is 26.8 Å². The fourth-order valence-corrected chi connectivity index (χ4v) is 4.31. The number of ether oxygens (including phenoxy) is 1. The predicted octanol–water partition coefficient (Wildman–Crippen LogP) is 3.71. The van der Waals surface area contributed by atoms with Crippen LogP contribution in [0.3, 0.4) is 0 Å². The summed E-state index contributed by atoms with van der Waals surface area (Å²) in [5.41, 5.74) is 11.3. The second-order valence-electron chi connectivity index (χ2n) is 9.09. The summed E-state index contributed by atoms with van der Waals surface area (Å²) in [7, 11) is 0. The van der Waals surface area contributed by atoms with Crippen LogP contribution < -0.4 is 11.1 Å². The molecule has 0 spiro atoms. The van der Waals surface area contributed by atoms with Crippen molar-refractivity contribution < 1.29 is 14.3 Å². The maximum Gasteiger partial charge on any atom is 0.313 e. The number of nitrogens with one attached hydrogen (secondary N) is 1. The minimum absolute atomic E-state index is 0.189. The number of hydrogen-bond donors (Lipinski definition) is 2. The van der Waals surface area contributed by atoms with E-state index in [1.807, 2.05) is 45.9 Å². The van der Waals surface area contributed by atoms with Gasteiger partial charge in [0.1, 0.15) is 5.82 Å². The highest BCUT2D eigenvalue weighted by atomic mass is 32.1. The number of nitrogens with zero attached hydrogens (tertiary/aromatic N) is 3. The molecule has 1 atom stereocenters. The van der Waals surface area contributed by atoms with Crippen LogP contribution in [0.4, 0.5) is 11.5 Å². The van der Waals surface area contributed by atoms with Gasteiger partial charge < -0.3 is 20.7 Å². The number of nitrogens with two attached hydrogens (primary N) is 1. The van der Waals surface area contributed by atoms with Gasteiger partial charge in [0.2, 0.25) is 0 Å². The standard InChI is InChI=1S/C23H27N5O3S/c1-13(23(2,3)4)28(9-14-5-6-19-17(7-14)26-12-32-19)22(30)21(29)27-18-8-25-20(24)16-11-31-10-15(16)18/h5-8,12-13H,9-11H2,1-4H3,(H2,24,25)(H,27,29)/t13-/m1/s1. The number of hydrogen-bond acceptors (Lipinski definition) is 7. The van der Waals surface area contributed by atoms with Crippen LogP contribution in [-0.4, -0.2) is 32.7 Å². The molecule has 3 N–H and O–H groups in total. The van der Waals surface area contributed by atoms with Gasteiger partial charge in [0.15, 0.2) is 0 Å². The number of pyridine rings is 1. The van der Waals surface area contributed by atoms with Crippen LogP contribution in [0.1, 0.15) is 44.4 Å². The smallest absolute Gasteiger partial charge is 0.313 e. The van der Waals surface area contributed by atoms with Crippen molar-refractivity contribution >= 4 is 44.9 Å². The number of benzene rings is 1. The third kappa shape index (κ3) is 4.31. The fraction of sp³-hybridized carbons (Fsp3) is 0.391. The number of amides is 2. The second kappa shape index (κ2) is 8.48. The van der Waals surface area contributed by atoms with Crippen molar-refractivity contribution in [1.82, 2.24) is 14.9 Å². The Morgan fingerprint density at radius 1 is 1.25 bits per heavy atom. The first-order chi connectivity index (χ1) is 15.1. The van der Waals surface area contributed by atoms with Crippen LogP contribution in [-0.2, 0) is 34.1 Å². The number of rotatable bonds is 4. The van der Waals surface area contributed by atoms with E-state index in [1.54, 1.807) is 21.7 Å². The molecule has 168 valence electrons. The Morgan fingerprint density at radius 3 is 2.75 bits per heavy atom. The molecule has 3 aromatic rings. The Labute approximate surface area is 190 Å². The quantitative estimate of drug-likeness (QED) is 0.583. The van der Waals surface area contributed by atoms with Crippen molar-refractivity contribution in [3.63, 3.8) is 0 Å². The molecule has 0 saturated carbocycles. The van der Waals surface area contributed by atoms with E-state index in [1.165, 1.54) is 6.20 Å². The predicted molar refractivity (Wildman–Crippen MR) is 125 cm³/mol. The maximum absolute atomic E-state index is 13.3. The van der Waals surface area contributed by atoms with Gasteiger partial charge in [-0.3, -0.25) is 9.59 Å². The Kier molecular flexibility index (Phi) is 5.87. The van der Waals surface area contributed by atoms with E-state index >= 15 is 0 Å². The monoisotopic (exact) mass is 453 g/mol. The van der Waals surface area contributed by atoms with Crippen LogP contribution >= 0.6 is 11.3 Å². The molecule has 3 heterocycles. The molecule has 4 rings (SSSR count). The average Bonchev–Trinajstić information content (AvgIpc) is 3.42. The van der Waals surface area contributed by atoms with Crippen LogP contribution in [0, 0.1) is 5.41 Å². The van der Waals surface area contributed by atoms with Gasteiger partial charge in [-0.25, -0.2) is 9.97 Å². The molecule has 1 aliphatic rings. The summed E-state index contributed by atoms with van der Waals surface area (Å²) < 4.78 is 6.53. The minimum atomic E-state index is -0.712. The second-order valence-corrected chi connectivity index (χ2v) is 9.98. The van der Waals surface area contributed by atoms with Gasteiger partial charge in [-0.05, 0) is 30.0 Å². The third-order valence-corrected chi connectivity index (χ3v) is 6.81. The van der Waals surface area contributed by atoms with Gasteiger partial charge >= 0.3 is 11.8 Å². The van der Waals surface area contributed by atoms with Crippen LogP contribution in [0.5, 0.6) is 0 Å². The van der Waals surface area contributed by atoms with Crippen LogP contribution in [0.25, 0.3) is 10.2 Å². The molecule has 0 fully saturated rings. The number of anilines is 2. The largest absolute Gasteiger partial charge is 0.383 e. The van der Waals surface area contributed by atoms with E-state index in [-0.39, 0.29) is 11.5 Å². The van der Waals surface area contributed by atoms with Gasteiger partial charge in [0, 0.05) is 23.7 Å². The first-order valence-electron chi connectivity index (χ1n) is 10.4. The molecule has 1 aromatic carbocycles. The highest BCUT2D eigenvalue weighted by molar-refractivity contribution is 7.16. The van der Waals surface area contributed by atoms with E-state index in [2.05, 4.69) is 15.3 Å². The number of carbonyl (C=O) groups excluding carboxylic acids is 2. The van der Waals surface area contributed by atoms with Crippen molar-refractivity contribution in [2.24, 2.45) is 5.41 Å². The number of nitrogen functional groups attached to an aromatic ring is 1. The maximum atomic E-state index is 13.3. The average molecular weight is 454 g/mol. The lowest BCUT2D eigenvalue weighted by atomic mass is 9.86. The van der Waals surface area contributed by atoms with Gasteiger partial charge in [-0.2, -0.15) is 0 Å². The Morgan fingerprint density at radius 2 is 2.00 bits per heavy atom. The fourth-order valence-electron chi connectivity index (χ4n) is 3.65. The first kappa shape index (κ1) is 22.2. The summed E-state index contributed by atoms with van der Waals surface area (Å²) in [6.07, 6.45) is 1.47. The molecule has 0 unspecified atom stereocenters. The zero-order valence-corrected chi connectivity index (χ0v) is 19.5. The minimum Gasteiger partial charge on any atom is -0.383 e. The molecule has 0 saturated heterocycles. The number of fused-ring (bicyclic) bond motifs is 2. The van der Waals surface area contributed by atoms with Crippen LogP contribution in [0.2, 0.25) is 0 Å². The molecule has 0 bridgehead atoms. The zero-order chi connectivity index (χ0) is 23.0. The number of thiazole rings is 1. The molecule has 32 heavy (non-hydrogen) atoms. The molecule has 8 nitrogen and oxygen atoms in total. The number of carbonyl (C=O) groups is 2. The highest BCUT2D eigenvalue weighted by Gasteiger charge is 2.34. The third-order valence-electron chi connectivity index (χ3n) is 6.00. The van der Waals surface area contributed by atoms with Gasteiger partial charge in [-0.15, -0.1) is 11.3 Å². The van der Waals surface area contributed by atoms with Crippen molar-refractivity contribution in [3.05, 3.63) is 46.6 Å². The van der Waals surface area contributed by atoms with Gasteiger partial charge in [0.05, 0.1) is 40.8 Å². The van der Waals surface area contributed by atoms with Gasteiger partial charge in [0.25, 0.3) is 0 Å². The summed E-state index contributed by atoms with van der Waals surface area (Å²) in [4.78, 5) is 36.5. The molecule has 0 radical (unpaired) electrons. The number of aromatic nitrogens is 2. The highest BCUT2D eigenvalue weighted by Crippen LogP contribution is 2.31. The lowest BCUT2D eigenvalue weighted by Gasteiger charge is -2.37. The van der Waals surface area contributed by atoms with E-state index < -0.39 is 11.8 Å². The first-order valence-corrected chi connectivity index (χ1v) is 11.3. The molecular weight excluding hydrogens is 426 g/mol. The Hall–Kier alpha value is -3.04. The summed E-state index contributed by atoms with van der Waals surface area (Å²) in [6.45, 7) is 9.08. The topological polar surface area (TPSA) is 110 Å². The molecule has 9 heteroatoms.